The molecule has 1 saturated heterocycles. The second-order valence-corrected chi connectivity index (χ2v) is 8.85. The molecule has 1 aromatic heterocycles. The van der Waals surface area contributed by atoms with Crippen molar-refractivity contribution in [3.8, 4) is 5.69 Å². The Morgan fingerprint density at radius 1 is 1.21 bits per heavy atom. The zero-order valence-electron chi connectivity index (χ0n) is 17.2. The SMILES string of the molecule is Cc1cc(C)cc(-n2ccnc2SCC(=O)NCC(C)(C)N2CCOCC2)c1. The maximum atomic E-state index is 12.4. The standard InChI is InChI=1S/C21H30N4O2S/c1-16-11-17(2)13-18(12-16)25-6-5-22-20(25)28-14-19(26)23-15-21(3,4)24-7-9-27-10-8-24/h5-6,11-13H,7-10,14-15H2,1-4H3,(H,23,26). The van der Waals surface area contributed by atoms with Gasteiger partial charge in [0.15, 0.2) is 5.16 Å². The summed E-state index contributed by atoms with van der Waals surface area (Å²) in [4.78, 5) is 19.2. The van der Waals surface area contributed by atoms with E-state index < -0.39 is 0 Å². The first-order chi connectivity index (χ1) is 13.3. The topological polar surface area (TPSA) is 59.4 Å². The van der Waals surface area contributed by atoms with E-state index in [1.54, 1.807) is 6.20 Å². The maximum Gasteiger partial charge on any atom is 0.230 e. The Morgan fingerprint density at radius 3 is 2.57 bits per heavy atom. The first-order valence-electron chi connectivity index (χ1n) is 9.69. The summed E-state index contributed by atoms with van der Waals surface area (Å²) in [5, 5.41) is 3.91. The van der Waals surface area contributed by atoms with E-state index in [-0.39, 0.29) is 11.4 Å². The van der Waals surface area contributed by atoms with Crippen LogP contribution in [0.5, 0.6) is 0 Å². The summed E-state index contributed by atoms with van der Waals surface area (Å²) in [6.45, 7) is 12.5. The van der Waals surface area contributed by atoms with Crippen LogP contribution in [-0.4, -0.2) is 64.5 Å². The van der Waals surface area contributed by atoms with Crippen molar-refractivity contribution in [1.29, 1.82) is 0 Å². The van der Waals surface area contributed by atoms with E-state index in [9.17, 15) is 4.79 Å². The van der Waals surface area contributed by atoms with Gasteiger partial charge in [0.25, 0.3) is 0 Å². The van der Waals surface area contributed by atoms with Gasteiger partial charge in [0.05, 0.1) is 19.0 Å². The number of imidazole rings is 1. The number of aromatic nitrogens is 2. The van der Waals surface area contributed by atoms with E-state index in [2.05, 4.69) is 61.1 Å². The third-order valence-electron chi connectivity index (χ3n) is 5.01. The van der Waals surface area contributed by atoms with Crippen LogP contribution in [-0.2, 0) is 9.53 Å². The van der Waals surface area contributed by atoms with Gasteiger partial charge in [-0.2, -0.15) is 0 Å². The zero-order valence-corrected chi connectivity index (χ0v) is 18.0. The molecule has 1 fully saturated rings. The smallest absolute Gasteiger partial charge is 0.230 e. The Kier molecular flexibility index (Phi) is 6.80. The van der Waals surface area contributed by atoms with Gasteiger partial charge in [0.1, 0.15) is 0 Å². The van der Waals surface area contributed by atoms with Crippen molar-refractivity contribution in [2.45, 2.75) is 38.4 Å². The molecule has 0 radical (unpaired) electrons. The lowest BCUT2D eigenvalue weighted by atomic mass is 10.0. The van der Waals surface area contributed by atoms with Crippen molar-refractivity contribution in [2.24, 2.45) is 0 Å². The fourth-order valence-electron chi connectivity index (χ4n) is 3.46. The van der Waals surface area contributed by atoms with Gasteiger partial charge >= 0.3 is 0 Å². The zero-order chi connectivity index (χ0) is 20.1. The summed E-state index contributed by atoms with van der Waals surface area (Å²) in [6.07, 6.45) is 3.72. The number of carbonyl (C=O) groups excluding carboxylic acids is 1. The number of benzene rings is 1. The predicted molar refractivity (Wildman–Crippen MR) is 113 cm³/mol. The highest BCUT2D eigenvalue weighted by atomic mass is 32.2. The third kappa shape index (κ3) is 5.37. The average molecular weight is 403 g/mol. The number of hydrogen-bond donors (Lipinski definition) is 1. The molecule has 1 aliphatic heterocycles. The number of rotatable bonds is 7. The van der Waals surface area contributed by atoms with Crippen molar-refractivity contribution in [3.05, 3.63) is 41.7 Å². The second kappa shape index (κ2) is 9.11. The van der Waals surface area contributed by atoms with Gasteiger partial charge in [-0.05, 0) is 51.0 Å². The maximum absolute atomic E-state index is 12.4. The molecule has 0 saturated carbocycles. The summed E-state index contributed by atoms with van der Waals surface area (Å²) in [6, 6.07) is 6.41. The van der Waals surface area contributed by atoms with Crippen LogP contribution >= 0.6 is 11.8 Å². The van der Waals surface area contributed by atoms with Gasteiger partial charge in [-0.3, -0.25) is 14.3 Å². The van der Waals surface area contributed by atoms with Crippen molar-refractivity contribution < 1.29 is 9.53 Å². The van der Waals surface area contributed by atoms with Crippen LogP contribution in [0, 0.1) is 13.8 Å². The van der Waals surface area contributed by atoms with Gasteiger partial charge in [-0.15, -0.1) is 0 Å². The molecule has 7 heteroatoms. The Hall–Kier alpha value is -1.83. The van der Waals surface area contributed by atoms with E-state index in [1.807, 2.05) is 10.8 Å². The lowest BCUT2D eigenvalue weighted by Crippen LogP contribution is -2.55. The number of carbonyl (C=O) groups is 1. The van der Waals surface area contributed by atoms with Crippen molar-refractivity contribution >= 4 is 17.7 Å². The fourth-order valence-corrected chi connectivity index (χ4v) is 4.26. The molecule has 1 aliphatic rings. The van der Waals surface area contributed by atoms with Crippen molar-refractivity contribution in [2.75, 3.05) is 38.6 Å². The Balaban J connectivity index is 1.55. The number of thioether (sulfide) groups is 1. The molecule has 1 amide bonds. The number of aryl methyl sites for hydroxylation is 2. The van der Waals surface area contributed by atoms with Gasteiger partial charge < -0.3 is 10.1 Å². The molecule has 0 spiro atoms. The van der Waals surface area contributed by atoms with Crippen molar-refractivity contribution in [3.63, 3.8) is 0 Å². The molecule has 1 aromatic carbocycles. The molecule has 0 aliphatic carbocycles. The molecule has 1 N–H and O–H groups in total. The molecule has 0 bridgehead atoms. The number of nitrogens with zero attached hydrogens (tertiary/aromatic N) is 3. The van der Waals surface area contributed by atoms with Gasteiger partial charge in [0, 0.05) is 43.3 Å². The van der Waals surface area contributed by atoms with E-state index in [0.717, 1.165) is 37.1 Å². The summed E-state index contributed by atoms with van der Waals surface area (Å²) >= 11 is 1.46. The summed E-state index contributed by atoms with van der Waals surface area (Å²) in [5.41, 5.74) is 3.42. The normalized spacial score (nSPS) is 15.6. The molecule has 3 rings (SSSR count). The third-order valence-corrected chi connectivity index (χ3v) is 5.98. The van der Waals surface area contributed by atoms with Gasteiger partial charge in [-0.1, -0.05) is 17.8 Å². The number of morpholine rings is 1. The predicted octanol–water partition coefficient (Wildman–Crippen LogP) is 2.81. The number of hydrogen-bond acceptors (Lipinski definition) is 5. The van der Waals surface area contributed by atoms with Crippen LogP contribution in [0.1, 0.15) is 25.0 Å². The lowest BCUT2D eigenvalue weighted by Gasteiger charge is -2.40. The van der Waals surface area contributed by atoms with Crippen LogP contribution in [0.25, 0.3) is 5.69 Å². The highest BCUT2D eigenvalue weighted by Crippen LogP contribution is 2.22. The monoisotopic (exact) mass is 402 g/mol. The molecular weight excluding hydrogens is 372 g/mol. The van der Waals surface area contributed by atoms with E-state index in [1.165, 1.54) is 22.9 Å². The molecular formula is C21H30N4O2S. The van der Waals surface area contributed by atoms with Gasteiger partial charge in [-0.25, -0.2) is 4.98 Å². The molecule has 0 atom stereocenters. The number of amides is 1. The minimum absolute atomic E-state index is 0.0290. The van der Waals surface area contributed by atoms with E-state index >= 15 is 0 Å². The minimum Gasteiger partial charge on any atom is -0.379 e. The largest absolute Gasteiger partial charge is 0.379 e. The Morgan fingerprint density at radius 2 is 1.89 bits per heavy atom. The van der Waals surface area contributed by atoms with Crippen LogP contribution in [0.4, 0.5) is 0 Å². The van der Waals surface area contributed by atoms with Crippen molar-refractivity contribution in [1.82, 2.24) is 19.8 Å². The molecule has 2 heterocycles. The molecule has 0 unspecified atom stereocenters. The lowest BCUT2D eigenvalue weighted by molar-refractivity contribution is -0.119. The molecule has 2 aromatic rings. The summed E-state index contributed by atoms with van der Waals surface area (Å²) < 4.78 is 7.46. The van der Waals surface area contributed by atoms with Crippen LogP contribution < -0.4 is 5.32 Å². The number of nitrogens with one attached hydrogen (secondary N) is 1. The fraction of sp³-hybridized carbons (Fsp3) is 0.524. The summed E-state index contributed by atoms with van der Waals surface area (Å²) in [7, 11) is 0. The van der Waals surface area contributed by atoms with E-state index in [0.29, 0.717) is 12.3 Å². The number of ether oxygens (including phenoxy) is 1. The highest BCUT2D eigenvalue weighted by Gasteiger charge is 2.28. The molecule has 28 heavy (non-hydrogen) atoms. The molecule has 152 valence electrons. The van der Waals surface area contributed by atoms with Crippen LogP contribution in [0.2, 0.25) is 0 Å². The average Bonchev–Trinajstić information content (AvgIpc) is 3.13. The summed E-state index contributed by atoms with van der Waals surface area (Å²) in [5.74, 6) is 0.377. The second-order valence-electron chi connectivity index (χ2n) is 7.90. The minimum atomic E-state index is -0.0817. The quantitative estimate of drug-likeness (QED) is 0.722. The van der Waals surface area contributed by atoms with Crippen LogP contribution in [0.15, 0.2) is 35.7 Å². The first-order valence-corrected chi connectivity index (χ1v) is 10.7. The highest BCUT2D eigenvalue weighted by molar-refractivity contribution is 7.99. The first kappa shape index (κ1) is 20.9. The Bertz CT molecular complexity index is 792. The van der Waals surface area contributed by atoms with Crippen LogP contribution in [0.3, 0.4) is 0 Å². The van der Waals surface area contributed by atoms with Gasteiger partial charge in [0.2, 0.25) is 5.91 Å². The van der Waals surface area contributed by atoms with E-state index in [4.69, 9.17) is 4.74 Å². The Labute approximate surface area is 171 Å². The molecule has 6 nitrogen and oxygen atoms in total.